The molecule has 0 atom stereocenters. The third-order valence-corrected chi connectivity index (χ3v) is 5.15. The molecule has 1 amide bonds. The lowest BCUT2D eigenvalue weighted by Gasteiger charge is -2.13. The molecule has 2 heterocycles. The van der Waals surface area contributed by atoms with E-state index in [1.54, 1.807) is 16.9 Å². The van der Waals surface area contributed by atoms with Crippen LogP contribution in [0.3, 0.4) is 0 Å². The Labute approximate surface area is 192 Å². The number of ether oxygens (including phenoxy) is 1. The van der Waals surface area contributed by atoms with E-state index in [-0.39, 0.29) is 5.92 Å². The SMILES string of the molecule is Cc1ccc(-c2cc(OC(=O)NCc3ccc(C)nc3)cc(-n3nnnc3C(C)C)c2)cc1. The van der Waals surface area contributed by atoms with Crippen molar-refractivity contribution < 1.29 is 9.53 Å². The zero-order chi connectivity index (χ0) is 23.4. The Morgan fingerprint density at radius 1 is 1.03 bits per heavy atom. The summed E-state index contributed by atoms with van der Waals surface area (Å²) >= 11 is 0. The Morgan fingerprint density at radius 2 is 1.82 bits per heavy atom. The van der Waals surface area contributed by atoms with Crippen molar-refractivity contribution in [2.45, 2.75) is 40.2 Å². The molecular formula is C25H26N6O2. The first-order valence-electron chi connectivity index (χ1n) is 10.8. The van der Waals surface area contributed by atoms with Crippen LogP contribution in [0.25, 0.3) is 16.8 Å². The van der Waals surface area contributed by atoms with Gasteiger partial charge in [-0.25, -0.2) is 4.79 Å². The van der Waals surface area contributed by atoms with Crippen molar-refractivity contribution in [1.82, 2.24) is 30.5 Å². The molecule has 0 unspecified atom stereocenters. The first-order valence-corrected chi connectivity index (χ1v) is 10.8. The fraction of sp³-hybridized carbons (Fsp3) is 0.240. The summed E-state index contributed by atoms with van der Waals surface area (Å²) in [5.41, 5.74) is 5.58. The van der Waals surface area contributed by atoms with Gasteiger partial charge in [-0.3, -0.25) is 4.98 Å². The minimum atomic E-state index is -0.552. The third-order valence-electron chi connectivity index (χ3n) is 5.15. The van der Waals surface area contributed by atoms with E-state index in [1.165, 1.54) is 5.56 Å². The van der Waals surface area contributed by atoms with Crippen molar-refractivity contribution in [3.8, 4) is 22.6 Å². The molecule has 0 radical (unpaired) electrons. The maximum Gasteiger partial charge on any atom is 0.412 e. The van der Waals surface area contributed by atoms with Crippen molar-refractivity contribution in [3.05, 3.63) is 83.4 Å². The molecule has 0 aliphatic rings. The number of aromatic nitrogens is 5. The number of amides is 1. The van der Waals surface area contributed by atoms with Crippen LogP contribution in [0.4, 0.5) is 4.79 Å². The largest absolute Gasteiger partial charge is 0.412 e. The van der Waals surface area contributed by atoms with Gasteiger partial charge < -0.3 is 10.1 Å². The average molecular weight is 443 g/mol. The monoisotopic (exact) mass is 442 g/mol. The second kappa shape index (κ2) is 9.60. The summed E-state index contributed by atoms with van der Waals surface area (Å²) in [7, 11) is 0. The molecule has 2 aromatic carbocycles. The summed E-state index contributed by atoms with van der Waals surface area (Å²) in [5, 5.41) is 14.9. The van der Waals surface area contributed by atoms with E-state index in [0.29, 0.717) is 18.0 Å². The molecule has 0 aliphatic heterocycles. The summed E-state index contributed by atoms with van der Waals surface area (Å²) in [6.45, 7) is 8.33. The summed E-state index contributed by atoms with van der Waals surface area (Å²) in [5.74, 6) is 1.24. The second-order valence-corrected chi connectivity index (χ2v) is 8.24. The van der Waals surface area contributed by atoms with Gasteiger partial charge in [0.1, 0.15) is 5.75 Å². The van der Waals surface area contributed by atoms with Gasteiger partial charge in [0.15, 0.2) is 5.82 Å². The molecule has 2 aromatic heterocycles. The Kier molecular flexibility index (Phi) is 6.44. The minimum absolute atomic E-state index is 0.124. The number of hydrogen-bond acceptors (Lipinski definition) is 6. The molecule has 4 rings (SSSR count). The zero-order valence-electron chi connectivity index (χ0n) is 19.1. The summed E-state index contributed by atoms with van der Waals surface area (Å²) in [4.78, 5) is 16.8. The molecule has 0 saturated carbocycles. The standard InChI is InChI=1S/C25H26N6O2/c1-16(2)24-28-29-30-31(24)22-11-21(20-9-5-17(3)6-10-20)12-23(13-22)33-25(32)27-15-19-8-7-18(4)26-14-19/h5-14,16H,15H2,1-4H3,(H,27,32). The van der Waals surface area contributed by atoms with Crippen molar-refractivity contribution in [2.75, 3.05) is 0 Å². The van der Waals surface area contributed by atoms with Gasteiger partial charge in [0.25, 0.3) is 0 Å². The fourth-order valence-electron chi connectivity index (χ4n) is 3.34. The highest BCUT2D eigenvalue weighted by Gasteiger charge is 2.15. The Hall–Kier alpha value is -4.07. The maximum atomic E-state index is 12.5. The molecule has 1 N–H and O–H groups in total. The second-order valence-electron chi connectivity index (χ2n) is 8.24. The van der Waals surface area contributed by atoms with Crippen LogP contribution >= 0.6 is 0 Å². The van der Waals surface area contributed by atoms with E-state index in [0.717, 1.165) is 28.2 Å². The van der Waals surface area contributed by atoms with Crippen LogP contribution in [-0.4, -0.2) is 31.3 Å². The van der Waals surface area contributed by atoms with Crippen LogP contribution in [0.2, 0.25) is 0 Å². The lowest BCUT2D eigenvalue weighted by Crippen LogP contribution is -2.26. The number of aryl methyl sites for hydroxylation is 2. The number of carbonyl (C=O) groups is 1. The molecular weight excluding hydrogens is 416 g/mol. The molecule has 0 spiro atoms. The van der Waals surface area contributed by atoms with Crippen molar-refractivity contribution in [2.24, 2.45) is 0 Å². The molecule has 4 aromatic rings. The van der Waals surface area contributed by atoms with Crippen LogP contribution in [0, 0.1) is 13.8 Å². The number of pyridine rings is 1. The molecule has 0 bridgehead atoms. The smallest absolute Gasteiger partial charge is 0.410 e. The number of carbonyl (C=O) groups excluding carboxylic acids is 1. The van der Waals surface area contributed by atoms with E-state index < -0.39 is 6.09 Å². The molecule has 8 heteroatoms. The average Bonchev–Trinajstić information content (AvgIpc) is 3.29. The number of tetrazole rings is 1. The van der Waals surface area contributed by atoms with Gasteiger partial charge in [-0.2, -0.15) is 4.68 Å². The van der Waals surface area contributed by atoms with Gasteiger partial charge in [-0.15, -0.1) is 5.10 Å². The number of benzene rings is 2. The highest BCUT2D eigenvalue weighted by atomic mass is 16.6. The maximum absolute atomic E-state index is 12.5. The highest BCUT2D eigenvalue weighted by molar-refractivity contribution is 5.73. The first-order chi connectivity index (χ1) is 15.9. The summed E-state index contributed by atoms with van der Waals surface area (Å²) < 4.78 is 7.30. The predicted octanol–water partition coefficient (Wildman–Crippen LogP) is 4.75. The van der Waals surface area contributed by atoms with Crippen LogP contribution in [-0.2, 0) is 6.54 Å². The van der Waals surface area contributed by atoms with Crippen LogP contribution in [0.15, 0.2) is 60.8 Å². The first kappa shape index (κ1) is 22.1. The van der Waals surface area contributed by atoms with Crippen LogP contribution in [0.1, 0.15) is 42.4 Å². The van der Waals surface area contributed by atoms with Crippen molar-refractivity contribution >= 4 is 6.09 Å². The van der Waals surface area contributed by atoms with E-state index in [2.05, 4.69) is 25.8 Å². The predicted molar refractivity (Wildman–Crippen MR) is 125 cm³/mol. The van der Waals surface area contributed by atoms with Crippen LogP contribution < -0.4 is 10.1 Å². The van der Waals surface area contributed by atoms with Gasteiger partial charge in [0, 0.05) is 30.4 Å². The number of hydrogen-bond donors (Lipinski definition) is 1. The van der Waals surface area contributed by atoms with E-state index in [1.807, 2.05) is 76.2 Å². The van der Waals surface area contributed by atoms with Crippen molar-refractivity contribution in [3.63, 3.8) is 0 Å². The Bertz CT molecular complexity index is 1250. The normalized spacial score (nSPS) is 10.9. The van der Waals surface area contributed by atoms with Gasteiger partial charge >= 0.3 is 6.09 Å². The molecule has 168 valence electrons. The molecule has 8 nitrogen and oxygen atoms in total. The van der Waals surface area contributed by atoms with Gasteiger partial charge in [0.2, 0.25) is 0 Å². The van der Waals surface area contributed by atoms with E-state index in [9.17, 15) is 4.79 Å². The summed E-state index contributed by atoms with van der Waals surface area (Å²) in [6, 6.07) is 17.5. The summed E-state index contributed by atoms with van der Waals surface area (Å²) in [6.07, 6.45) is 1.18. The van der Waals surface area contributed by atoms with Crippen molar-refractivity contribution in [1.29, 1.82) is 0 Å². The number of nitrogens with one attached hydrogen (secondary N) is 1. The molecule has 0 saturated heterocycles. The molecule has 33 heavy (non-hydrogen) atoms. The lowest BCUT2D eigenvalue weighted by atomic mass is 10.0. The van der Waals surface area contributed by atoms with Gasteiger partial charge in [0.05, 0.1) is 5.69 Å². The zero-order valence-corrected chi connectivity index (χ0v) is 19.1. The quantitative estimate of drug-likeness (QED) is 0.463. The van der Waals surface area contributed by atoms with E-state index in [4.69, 9.17) is 4.74 Å². The van der Waals surface area contributed by atoms with E-state index >= 15 is 0 Å². The Balaban J connectivity index is 1.62. The highest BCUT2D eigenvalue weighted by Crippen LogP contribution is 2.29. The Morgan fingerprint density at radius 3 is 2.52 bits per heavy atom. The minimum Gasteiger partial charge on any atom is -0.410 e. The van der Waals surface area contributed by atoms with Gasteiger partial charge in [-0.05, 0) is 59.2 Å². The fourth-order valence-corrected chi connectivity index (χ4v) is 3.34. The number of nitrogens with zero attached hydrogens (tertiary/aromatic N) is 5. The lowest BCUT2D eigenvalue weighted by molar-refractivity contribution is 0.200. The van der Waals surface area contributed by atoms with Gasteiger partial charge in [-0.1, -0.05) is 49.7 Å². The number of rotatable bonds is 6. The topological polar surface area (TPSA) is 94.8 Å². The third kappa shape index (κ3) is 5.41. The molecule has 0 fully saturated rings. The van der Waals surface area contributed by atoms with Crippen LogP contribution in [0.5, 0.6) is 5.75 Å². The molecule has 0 aliphatic carbocycles.